The van der Waals surface area contributed by atoms with Gasteiger partial charge in [-0.25, -0.2) is 0 Å². The van der Waals surface area contributed by atoms with Crippen molar-refractivity contribution in [2.24, 2.45) is 0 Å². The first-order valence-corrected chi connectivity index (χ1v) is 6.82. The van der Waals surface area contributed by atoms with Crippen molar-refractivity contribution in [1.29, 1.82) is 0 Å². The second kappa shape index (κ2) is 6.13. The Labute approximate surface area is 123 Å². The molecule has 0 aliphatic carbocycles. The Balaban J connectivity index is 1.62. The van der Waals surface area contributed by atoms with Crippen LogP contribution in [0.5, 0.6) is 5.75 Å². The van der Waals surface area contributed by atoms with Gasteiger partial charge in [-0.15, -0.1) is 0 Å². The summed E-state index contributed by atoms with van der Waals surface area (Å²) in [5.41, 5.74) is 4.46. The van der Waals surface area contributed by atoms with Gasteiger partial charge < -0.3 is 10.1 Å². The Morgan fingerprint density at radius 3 is 2.38 bits per heavy atom. The number of nitrogens with zero attached hydrogens (tertiary/aromatic N) is 1. The fourth-order valence-corrected chi connectivity index (χ4v) is 2.13. The monoisotopic (exact) mass is 279 g/mol. The van der Waals surface area contributed by atoms with Crippen molar-refractivity contribution in [3.05, 3.63) is 66.4 Å². The number of rotatable bonds is 5. The van der Waals surface area contributed by atoms with Crippen LogP contribution >= 0.6 is 0 Å². The van der Waals surface area contributed by atoms with Gasteiger partial charge in [0.05, 0.1) is 12.8 Å². The Bertz CT molecular complexity index is 673. The minimum Gasteiger partial charge on any atom is -0.497 e. The summed E-state index contributed by atoms with van der Waals surface area (Å²) < 4.78 is 5.15. The van der Waals surface area contributed by atoms with E-state index in [4.69, 9.17) is 4.74 Å². The SMILES string of the molecule is COc1ccc(CNc2ccc(-c3ccn[nH]3)cc2)cc1. The maximum Gasteiger partial charge on any atom is 0.118 e. The summed E-state index contributed by atoms with van der Waals surface area (Å²) in [5.74, 6) is 0.877. The number of H-pyrrole nitrogens is 1. The molecule has 0 aliphatic heterocycles. The van der Waals surface area contributed by atoms with E-state index in [2.05, 4.69) is 51.9 Å². The van der Waals surface area contributed by atoms with Crippen molar-refractivity contribution in [3.63, 3.8) is 0 Å². The molecular weight excluding hydrogens is 262 g/mol. The van der Waals surface area contributed by atoms with E-state index < -0.39 is 0 Å². The van der Waals surface area contributed by atoms with E-state index in [1.165, 1.54) is 5.56 Å². The molecule has 0 aliphatic rings. The summed E-state index contributed by atoms with van der Waals surface area (Å²) in [7, 11) is 1.68. The predicted octanol–water partition coefficient (Wildman–Crippen LogP) is 3.70. The molecule has 0 saturated heterocycles. The average molecular weight is 279 g/mol. The molecule has 2 aromatic carbocycles. The molecule has 1 aromatic heterocycles. The molecule has 0 radical (unpaired) electrons. The fraction of sp³-hybridized carbons (Fsp3) is 0.118. The molecule has 4 nitrogen and oxygen atoms in total. The number of methoxy groups -OCH3 is 1. The first kappa shape index (κ1) is 13.2. The lowest BCUT2D eigenvalue weighted by Gasteiger charge is -2.08. The molecule has 2 N–H and O–H groups in total. The summed E-state index contributed by atoms with van der Waals surface area (Å²) in [6, 6.07) is 18.3. The minimum absolute atomic E-state index is 0.785. The quantitative estimate of drug-likeness (QED) is 0.748. The molecule has 0 spiro atoms. The fourth-order valence-electron chi connectivity index (χ4n) is 2.13. The summed E-state index contributed by atoms with van der Waals surface area (Å²) in [6.07, 6.45) is 1.76. The van der Waals surface area contributed by atoms with Crippen molar-refractivity contribution >= 4 is 5.69 Å². The lowest BCUT2D eigenvalue weighted by atomic mass is 10.1. The molecule has 3 rings (SSSR count). The summed E-state index contributed by atoms with van der Waals surface area (Å²) in [4.78, 5) is 0. The van der Waals surface area contributed by atoms with E-state index in [-0.39, 0.29) is 0 Å². The van der Waals surface area contributed by atoms with Gasteiger partial charge >= 0.3 is 0 Å². The van der Waals surface area contributed by atoms with Crippen molar-refractivity contribution in [3.8, 4) is 17.0 Å². The molecular formula is C17H17N3O. The largest absolute Gasteiger partial charge is 0.497 e. The third-order valence-electron chi connectivity index (χ3n) is 3.35. The Morgan fingerprint density at radius 1 is 1.00 bits per heavy atom. The molecule has 0 amide bonds. The standard InChI is InChI=1S/C17H17N3O/c1-21-16-8-2-13(3-9-16)12-18-15-6-4-14(5-7-15)17-10-11-19-20-17/h2-11,18H,12H2,1H3,(H,19,20). The van der Waals surface area contributed by atoms with E-state index in [0.717, 1.165) is 29.2 Å². The number of nitrogens with one attached hydrogen (secondary N) is 2. The summed E-state index contributed by atoms with van der Waals surface area (Å²) >= 11 is 0. The summed E-state index contributed by atoms with van der Waals surface area (Å²) in [5, 5.41) is 10.3. The van der Waals surface area contributed by atoms with Gasteiger partial charge in [0, 0.05) is 18.4 Å². The molecule has 3 aromatic rings. The number of aromatic amines is 1. The smallest absolute Gasteiger partial charge is 0.118 e. The highest BCUT2D eigenvalue weighted by molar-refractivity contribution is 5.62. The van der Waals surface area contributed by atoms with Crippen LogP contribution in [0.1, 0.15) is 5.56 Å². The van der Waals surface area contributed by atoms with Crippen molar-refractivity contribution in [1.82, 2.24) is 10.2 Å². The number of ether oxygens (including phenoxy) is 1. The van der Waals surface area contributed by atoms with E-state index in [9.17, 15) is 0 Å². The molecule has 1 heterocycles. The molecule has 0 saturated carbocycles. The lowest BCUT2D eigenvalue weighted by Crippen LogP contribution is -1.99. The lowest BCUT2D eigenvalue weighted by molar-refractivity contribution is 0.414. The van der Waals surface area contributed by atoms with Crippen LogP contribution in [0.3, 0.4) is 0 Å². The van der Waals surface area contributed by atoms with Crippen LogP contribution in [0, 0.1) is 0 Å². The van der Waals surface area contributed by atoms with Gasteiger partial charge in [0.25, 0.3) is 0 Å². The van der Waals surface area contributed by atoms with E-state index >= 15 is 0 Å². The highest BCUT2D eigenvalue weighted by Crippen LogP contribution is 2.19. The molecule has 0 bridgehead atoms. The van der Waals surface area contributed by atoms with Crippen molar-refractivity contribution in [2.45, 2.75) is 6.54 Å². The van der Waals surface area contributed by atoms with Gasteiger partial charge in [0.2, 0.25) is 0 Å². The molecule has 0 unspecified atom stereocenters. The third-order valence-corrected chi connectivity index (χ3v) is 3.35. The maximum atomic E-state index is 5.15. The first-order chi connectivity index (χ1) is 10.3. The van der Waals surface area contributed by atoms with Crippen molar-refractivity contribution in [2.75, 3.05) is 12.4 Å². The number of anilines is 1. The Hall–Kier alpha value is -2.75. The topological polar surface area (TPSA) is 49.9 Å². The van der Waals surface area contributed by atoms with Gasteiger partial charge in [-0.05, 0) is 41.5 Å². The zero-order chi connectivity index (χ0) is 14.5. The van der Waals surface area contributed by atoms with Crippen LogP contribution in [-0.2, 0) is 6.54 Å². The van der Waals surface area contributed by atoms with Gasteiger partial charge in [-0.2, -0.15) is 5.10 Å². The van der Waals surface area contributed by atoms with E-state index in [1.807, 2.05) is 18.2 Å². The zero-order valence-electron chi connectivity index (χ0n) is 11.8. The van der Waals surface area contributed by atoms with Crippen LogP contribution < -0.4 is 10.1 Å². The maximum absolute atomic E-state index is 5.15. The Kier molecular flexibility index (Phi) is 3.87. The van der Waals surface area contributed by atoms with Crippen LogP contribution in [0.2, 0.25) is 0 Å². The van der Waals surface area contributed by atoms with Crippen molar-refractivity contribution < 1.29 is 4.74 Å². The summed E-state index contributed by atoms with van der Waals surface area (Å²) in [6.45, 7) is 0.785. The predicted molar refractivity (Wildman–Crippen MR) is 84.3 cm³/mol. The molecule has 0 fully saturated rings. The number of hydrogen-bond donors (Lipinski definition) is 2. The molecule has 106 valence electrons. The van der Waals surface area contributed by atoms with Gasteiger partial charge in [-0.1, -0.05) is 24.3 Å². The van der Waals surface area contributed by atoms with E-state index in [1.54, 1.807) is 13.3 Å². The van der Waals surface area contributed by atoms with Crippen LogP contribution in [0.25, 0.3) is 11.3 Å². The van der Waals surface area contributed by atoms with Gasteiger partial charge in [-0.3, -0.25) is 5.10 Å². The van der Waals surface area contributed by atoms with Gasteiger partial charge in [0.15, 0.2) is 0 Å². The second-order valence-corrected chi connectivity index (χ2v) is 4.75. The number of aromatic nitrogens is 2. The zero-order valence-corrected chi connectivity index (χ0v) is 11.8. The minimum atomic E-state index is 0.785. The average Bonchev–Trinajstić information content (AvgIpc) is 3.08. The number of hydrogen-bond acceptors (Lipinski definition) is 3. The number of benzene rings is 2. The third kappa shape index (κ3) is 3.23. The molecule has 4 heteroatoms. The Morgan fingerprint density at radius 2 is 1.76 bits per heavy atom. The highest BCUT2D eigenvalue weighted by Gasteiger charge is 1.99. The first-order valence-electron chi connectivity index (χ1n) is 6.82. The molecule has 21 heavy (non-hydrogen) atoms. The normalized spacial score (nSPS) is 10.3. The van der Waals surface area contributed by atoms with E-state index in [0.29, 0.717) is 0 Å². The van der Waals surface area contributed by atoms with Crippen LogP contribution in [0.15, 0.2) is 60.8 Å². The second-order valence-electron chi connectivity index (χ2n) is 4.75. The van der Waals surface area contributed by atoms with Gasteiger partial charge in [0.1, 0.15) is 5.75 Å². The molecule has 0 atom stereocenters. The van der Waals surface area contributed by atoms with Crippen LogP contribution in [0.4, 0.5) is 5.69 Å². The van der Waals surface area contributed by atoms with Crippen LogP contribution in [-0.4, -0.2) is 17.3 Å². The highest BCUT2D eigenvalue weighted by atomic mass is 16.5.